The summed E-state index contributed by atoms with van der Waals surface area (Å²) in [6.07, 6.45) is -15.8. The molecule has 2 N–H and O–H groups in total. The van der Waals surface area contributed by atoms with Crippen LogP contribution in [0.5, 0.6) is 23.0 Å². The van der Waals surface area contributed by atoms with Crippen LogP contribution in [0, 0.1) is 0 Å². The molecule has 5 saturated heterocycles. The Morgan fingerprint density at radius 1 is 0.395 bits per heavy atom. The number of hydrogen-bond donors (Lipinski definition) is 2. The van der Waals surface area contributed by atoms with Crippen LogP contribution in [-0.2, 0) is 141 Å². The molecule has 42 heteroatoms. The summed E-state index contributed by atoms with van der Waals surface area (Å²) in [4.78, 5) is 127. The molecule has 4 aromatic carbocycles. The van der Waals surface area contributed by atoms with Crippen LogP contribution in [0.25, 0.3) is 89.7 Å². The van der Waals surface area contributed by atoms with E-state index in [1.807, 2.05) is 114 Å². The van der Waals surface area contributed by atoms with Crippen LogP contribution < -0.4 is 18.9 Å². The smallest absolute Gasteiger partial charge is 0.303 e. The first-order chi connectivity index (χ1) is 61.8. The number of aromatic nitrogens is 11. The predicted molar refractivity (Wildman–Crippen MR) is 443 cm³/mol. The summed E-state index contributed by atoms with van der Waals surface area (Å²) in [5.74, 6) is -4.81. The standard InChI is InChI=1S/C87H101N11O31/c1-44(99)110-42-67-69(119-46(3)101)71(120-47(4)102)74(123-50(7)105)84(125-67)126-70-68(43-111-45(2)100)124-83(73(122-49(6)104)72(70)121-48(5)103)115-35-51-34-98(97-96-51)22-23-106-24-25-107-26-27-108-28-29-109-52-14-18-59-63(30-52)79-88-75(59)90-80-65-32-54(113-37-57-40-117-86(10,11)128-57)16-20-61(65)77(92-80)94-82-66-33-55(114-38-58-41-118-87(12,13)129-58)17-21-62(66)78(95-82)93-81-64-31-53(15-19-60(64)76(89-79)91-81)112-36-56-39-116-85(8,9)127-56/h14-21,30-34,56-58,67-74,83-84H,22-29,35-43H2,1-13H3,(H2,88,89,90,91,92,93,94,95)/t56?,57?,58?,67-,68-,69+,70-,71+,72+,73-,74-,83-,84+/m1/s1. The molecule has 0 saturated carbocycles. The fourth-order valence-corrected chi connectivity index (χ4v) is 15.4. The molecule has 8 aromatic rings. The molecular formula is C87H101N11O31. The molecule has 0 aliphatic carbocycles. The van der Waals surface area contributed by atoms with E-state index in [4.69, 9.17) is 144 Å². The Labute approximate surface area is 737 Å². The Morgan fingerprint density at radius 3 is 1.22 bits per heavy atom. The average molecular weight is 1800 g/mol. The fourth-order valence-electron chi connectivity index (χ4n) is 15.4. The van der Waals surface area contributed by atoms with Gasteiger partial charge in [0, 0.05) is 92.3 Å². The lowest BCUT2D eigenvalue weighted by Crippen LogP contribution is -2.67. The second-order valence-electron chi connectivity index (χ2n) is 32.4. The van der Waals surface area contributed by atoms with Gasteiger partial charge in [-0.25, -0.2) is 34.6 Å². The molecule has 129 heavy (non-hydrogen) atoms. The number of nitrogens with zero attached hydrogens (tertiary/aromatic N) is 9. The van der Waals surface area contributed by atoms with Crippen molar-refractivity contribution in [1.82, 2.24) is 54.9 Å². The number of ether oxygens (including phenoxy) is 24. The third-order valence-corrected chi connectivity index (χ3v) is 20.8. The molecule has 0 amide bonds. The van der Waals surface area contributed by atoms with E-state index in [0.717, 1.165) is 48.5 Å². The van der Waals surface area contributed by atoms with E-state index in [0.29, 0.717) is 133 Å². The largest absolute Gasteiger partial charge is 0.491 e. The summed E-state index contributed by atoms with van der Waals surface area (Å²) in [5.41, 5.74) is 4.63. The van der Waals surface area contributed by atoms with E-state index >= 15 is 0 Å². The summed E-state index contributed by atoms with van der Waals surface area (Å²) in [7, 11) is 0. The molecule has 0 spiro atoms. The first-order valence-corrected chi connectivity index (χ1v) is 42.0. The second-order valence-corrected chi connectivity index (χ2v) is 32.4. The first-order valence-electron chi connectivity index (χ1n) is 42.0. The average Bonchev–Trinajstić information content (AvgIpc) is 1.69. The SMILES string of the molecule is CC(=O)OC[C@H]1O[C@@H](O[C@H]2[C@H](OC(C)=O)[C@@H](OC(C)=O)[C@H](OCc3cn(CCOCCOCCOCCOc4ccc5c(c4)-c4nc-5nc5[nH]c(nc6nc(nc7[nH]c(n4)c4ccc(OCC8COC(C)(C)O8)cc74)-c4ccc(OCC7COC(C)(C)O7)cc4-6)c4ccc(OCC6COC(C)(C)O6)cc54)nn3)O[C@@H]2COC(C)=O)[C@H](OC(C)=O)[C@@H](OC(C)=O)[C@H]1OC(C)=O. The van der Waals surface area contributed by atoms with Crippen molar-refractivity contribution in [3.05, 3.63) is 84.7 Å². The summed E-state index contributed by atoms with van der Waals surface area (Å²) >= 11 is 0. The molecule has 690 valence electrons. The summed E-state index contributed by atoms with van der Waals surface area (Å²) in [5, 5.41) is 11.1. The molecule has 13 atom stereocenters. The van der Waals surface area contributed by atoms with Gasteiger partial charge in [-0.1, -0.05) is 5.21 Å². The van der Waals surface area contributed by atoms with E-state index in [2.05, 4.69) is 20.3 Å². The van der Waals surface area contributed by atoms with Crippen LogP contribution in [0.4, 0.5) is 0 Å². The second kappa shape index (κ2) is 40.2. The molecule has 5 fully saturated rings. The Balaban J connectivity index is 0.594. The number of hydrogen-bond acceptors (Lipinski definition) is 39. The first kappa shape index (κ1) is 92.1. The fraction of sp³-hybridized carbons (Fsp3) is 0.529. The van der Waals surface area contributed by atoms with Crippen molar-refractivity contribution < 1.29 is 147 Å². The minimum Gasteiger partial charge on any atom is -0.491 e. The highest BCUT2D eigenvalue weighted by atomic mass is 16.8. The number of rotatable bonds is 36. The van der Waals surface area contributed by atoms with Crippen LogP contribution >= 0.6 is 0 Å². The zero-order chi connectivity index (χ0) is 91.0. The van der Waals surface area contributed by atoms with Crippen molar-refractivity contribution in [2.75, 3.05) is 99.1 Å². The van der Waals surface area contributed by atoms with E-state index in [9.17, 15) is 33.6 Å². The van der Waals surface area contributed by atoms with E-state index in [1.54, 1.807) is 6.20 Å². The Hall–Kier alpha value is -11.6. The van der Waals surface area contributed by atoms with Crippen molar-refractivity contribution in [3.63, 3.8) is 0 Å². The Kier molecular flexibility index (Phi) is 28.7. The number of benzene rings is 4. The van der Waals surface area contributed by atoms with Crippen LogP contribution in [0.2, 0.25) is 0 Å². The van der Waals surface area contributed by atoms with Gasteiger partial charge in [-0.3, -0.25) is 33.6 Å². The maximum Gasteiger partial charge on any atom is 0.303 e. The monoisotopic (exact) mass is 1800 g/mol. The number of nitrogens with one attached hydrogen (secondary N) is 2. The van der Waals surface area contributed by atoms with Gasteiger partial charge >= 0.3 is 41.8 Å². The van der Waals surface area contributed by atoms with Gasteiger partial charge in [-0.05, 0) is 114 Å². The molecule has 42 nitrogen and oxygen atoms in total. The van der Waals surface area contributed by atoms with Crippen LogP contribution in [0.15, 0.2) is 79.0 Å². The maximum atomic E-state index is 13.0. The lowest BCUT2D eigenvalue weighted by Gasteiger charge is -2.48. The van der Waals surface area contributed by atoms with Gasteiger partial charge < -0.3 is 124 Å². The highest BCUT2D eigenvalue weighted by Crippen LogP contribution is 2.43. The topological polar surface area (TPSA) is 481 Å². The van der Waals surface area contributed by atoms with E-state index in [1.165, 1.54) is 4.68 Å². The molecular weight excluding hydrogens is 1700 g/mol. The molecule has 7 aliphatic heterocycles. The maximum absolute atomic E-state index is 13.0. The predicted octanol–water partition coefficient (Wildman–Crippen LogP) is 7.32. The van der Waals surface area contributed by atoms with Gasteiger partial charge in [0.1, 0.15) is 128 Å². The Bertz CT molecular complexity index is 5590. The lowest BCUT2D eigenvalue weighted by atomic mass is 9.96. The number of H-pyrrole nitrogens is 2. The number of esters is 7. The van der Waals surface area contributed by atoms with Gasteiger partial charge in [0.15, 0.2) is 83.8 Å². The highest BCUT2D eigenvalue weighted by molar-refractivity contribution is 6.07. The number of carbonyl (C=O) groups excluding carboxylic acids is 7. The summed E-state index contributed by atoms with van der Waals surface area (Å²) < 4.78 is 144. The summed E-state index contributed by atoms with van der Waals surface area (Å²) in [6.45, 7) is 20.6. The zero-order valence-electron chi connectivity index (χ0n) is 73.2. The molecule has 0 radical (unpaired) electrons. The molecule has 11 heterocycles. The molecule has 4 aromatic heterocycles. The van der Waals surface area contributed by atoms with E-state index < -0.39 is 134 Å². The number of fused-ring (bicyclic) bond motifs is 20. The third-order valence-electron chi connectivity index (χ3n) is 20.8. The van der Waals surface area contributed by atoms with Gasteiger partial charge in [0.2, 0.25) is 0 Å². The number of aromatic amines is 2. The highest BCUT2D eigenvalue weighted by Gasteiger charge is 2.58. The van der Waals surface area contributed by atoms with Crippen LogP contribution in [0.3, 0.4) is 0 Å². The van der Waals surface area contributed by atoms with Crippen LogP contribution in [0.1, 0.15) is 95.7 Å². The van der Waals surface area contributed by atoms with Gasteiger partial charge in [0.05, 0.1) is 78.8 Å². The van der Waals surface area contributed by atoms with E-state index in [-0.39, 0.29) is 103 Å². The minimum atomic E-state index is -1.87. The van der Waals surface area contributed by atoms with Crippen LogP contribution in [-0.4, -0.2) is 293 Å². The third kappa shape index (κ3) is 23.3. The molecule has 7 aliphatic rings. The normalized spacial score (nSPS) is 23.5. The molecule has 3 unspecified atom stereocenters. The quantitative estimate of drug-likeness (QED) is 0.0220. The zero-order valence-corrected chi connectivity index (χ0v) is 73.2. The van der Waals surface area contributed by atoms with Gasteiger partial charge in [0.25, 0.3) is 0 Å². The van der Waals surface area contributed by atoms with Crippen molar-refractivity contribution >= 4 is 85.9 Å². The lowest BCUT2D eigenvalue weighted by molar-refractivity contribution is -0.362. The van der Waals surface area contributed by atoms with Crippen molar-refractivity contribution in [2.45, 2.75) is 200 Å². The number of carbonyl (C=O) groups is 7. The minimum absolute atomic E-state index is 0.171. The summed E-state index contributed by atoms with van der Waals surface area (Å²) in [6, 6.07) is 22.6. The van der Waals surface area contributed by atoms with Gasteiger partial charge in [-0.2, -0.15) is 0 Å². The molecule has 8 bridgehead atoms. The van der Waals surface area contributed by atoms with Gasteiger partial charge in [-0.15, -0.1) is 5.10 Å². The van der Waals surface area contributed by atoms with Crippen molar-refractivity contribution in [1.29, 1.82) is 0 Å². The Morgan fingerprint density at radius 2 is 0.775 bits per heavy atom. The van der Waals surface area contributed by atoms with Crippen molar-refractivity contribution in [3.8, 4) is 68.5 Å². The van der Waals surface area contributed by atoms with Crippen molar-refractivity contribution in [2.24, 2.45) is 0 Å². The molecule has 15 rings (SSSR count).